The summed E-state index contributed by atoms with van der Waals surface area (Å²) in [6.07, 6.45) is 4.32. The van der Waals surface area contributed by atoms with Gasteiger partial charge in [0.2, 0.25) is 11.8 Å². The highest BCUT2D eigenvalue weighted by Gasteiger charge is 2.36. The zero-order chi connectivity index (χ0) is 18.7. The molecule has 2 heterocycles. The molecule has 1 N–H and O–H groups in total. The van der Waals surface area contributed by atoms with E-state index >= 15 is 0 Å². The lowest BCUT2D eigenvalue weighted by atomic mass is 9.89. The Morgan fingerprint density at radius 1 is 1.12 bits per heavy atom. The first-order valence-corrected chi connectivity index (χ1v) is 9.34. The number of carbonyl (C=O) groups is 3. The van der Waals surface area contributed by atoms with Crippen molar-refractivity contribution in [3.8, 4) is 0 Å². The summed E-state index contributed by atoms with van der Waals surface area (Å²) in [6.45, 7) is 3.64. The standard InChI is InChI=1S/C20H26N2O4/c1-14(23)22-9-3-6-18(22)19(24)21-10-7-15(8-11-21)12-16-4-2-5-17(13-16)20(25)26/h2,4-5,13,15,18H,3,6-12H2,1H3,(H,25,26)/t18-/m0/s1. The van der Waals surface area contributed by atoms with E-state index in [2.05, 4.69) is 0 Å². The predicted molar refractivity (Wildman–Crippen MR) is 96.8 cm³/mol. The molecule has 1 aromatic rings. The molecule has 0 saturated carbocycles. The minimum Gasteiger partial charge on any atom is -0.478 e. The van der Waals surface area contributed by atoms with Gasteiger partial charge in [-0.25, -0.2) is 4.79 Å². The van der Waals surface area contributed by atoms with Gasteiger partial charge in [-0.05, 0) is 55.7 Å². The SMILES string of the molecule is CC(=O)N1CCC[C@H]1C(=O)N1CCC(Cc2cccc(C(=O)O)c2)CC1. The van der Waals surface area contributed by atoms with Crippen molar-refractivity contribution in [1.29, 1.82) is 0 Å². The topological polar surface area (TPSA) is 77.9 Å². The number of benzene rings is 1. The fourth-order valence-electron chi connectivity index (χ4n) is 4.13. The molecule has 3 rings (SSSR count). The second-order valence-corrected chi connectivity index (χ2v) is 7.35. The molecule has 1 atom stereocenters. The Hall–Kier alpha value is -2.37. The summed E-state index contributed by atoms with van der Waals surface area (Å²) in [5, 5.41) is 9.10. The smallest absolute Gasteiger partial charge is 0.335 e. The van der Waals surface area contributed by atoms with E-state index in [4.69, 9.17) is 5.11 Å². The van der Waals surface area contributed by atoms with Crippen LogP contribution in [0.3, 0.4) is 0 Å². The minimum atomic E-state index is -0.904. The van der Waals surface area contributed by atoms with Crippen molar-refractivity contribution in [3.63, 3.8) is 0 Å². The van der Waals surface area contributed by atoms with E-state index in [1.807, 2.05) is 11.0 Å². The third kappa shape index (κ3) is 4.06. The molecule has 1 aromatic carbocycles. The van der Waals surface area contributed by atoms with Crippen molar-refractivity contribution in [3.05, 3.63) is 35.4 Å². The average molecular weight is 358 g/mol. The summed E-state index contributed by atoms with van der Waals surface area (Å²) in [7, 11) is 0. The lowest BCUT2D eigenvalue weighted by molar-refractivity contribution is -0.143. The van der Waals surface area contributed by atoms with E-state index in [1.165, 1.54) is 6.92 Å². The highest BCUT2D eigenvalue weighted by Crippen LogP contribution is 2.25. The van der Waals surface area contributed by atoms with E-state index in [0.717, 1.165) is 37.7 Å². The Morgan fingerprint density at radius 2 is 1.85 bits per heavy atom. The number of carboxylic acid groups (broad SMARTS) is 1. The lowest BCUT2D eigenvalue weighted by Gasteiger charge is -2.35. The maximum Gasteiger partial charge on any atom is 0.335 e. The van der Waals surface area contributed by atoms with Crippen LogP contribution >= 0.6 is 0 Å². The summed E-state index contributed by atoms with van der Waals surface area (Å²) in [5.74, 6) is -0.382. The first-order chi connectivity index (χ1) is 12.5. The summed E-state index contributed by atoms with van der Waals surface area (Å²) >= 11 is 0. The Kier molecular flexibility index (Phi) is 5.59. The molecule has 0 bridgehead atoms. The van der Waals surface area contributed by atoms with Gasteiger partial charge in [0, 0.05) is 26.6 Å². The van der Waals surface area contributed by atoms with Gasteiger partial charge >= 0.3 is 5.97 Å². The van der Waals surface area contributed by atoms with Crippen molar-refractivity contribution in [2.75, 3.05) is 19.6 Å². The molecule has 2 fully saturated rings. The largest absolute Gasteiger partial charge is 0.478 e. The van der Waals surface area contributed by atoms with E-state index in [-0.39, 0.29) is 17.9 Å². The predicted octanol–water partition coefficient (Wildman–Crippen LogP) is 2.18. The Morgan fingerprint density at radius 3 is 2.50 bits per heavy atom. The van der Waals surface area contributed by atoms with Crippen LogP contribution in [0.5, 0.6) is 0 Å². The highest BCUT2D eigenvalue weighted by molar-refractivity contribution is 5.88. The number of hydrogen-bond acceptors (Lipinski definition) is 3. The minimum absolute atomic E-state index is 0.0194. The van der Waals surface area contributed by atoms with Crippen LogP contribution in [0, 0.1) is 5.92 Å². The Balaban J connectivity index is 1.54. The van der Waals surface area contributed by atoms with Gasteiger partial charge in [0.1, 0.15) is 6.04 Å². The molecule has 140 valence electrons. The number of carbonyl (C=O) groups excluding carboxylic acids is 2. The molecule has 26 heavy (non-hydrogen) atoms. The maximum atomic E-state index is 12.8. The molecule has 2 aliphatic rings. The molecule has 0 unspecified atom stereocenters. The van der Waals surface area contributed by atoms with Crippen LogP contribution in [0.15, 0.2) is 24.3 Å². The van der Waals surface area contributed by atoms with Gasteiger partial charge in [-0.1, -0.05) is 12.1 Å². The second kappa shape index (κ2) is 7.89. The van der Waals surface area contributed by atoms with Crippen molar-refractivity contribution in [2.24, 2.45) is 5.92 Å². The van der Waals surface area contributed by atoms with Crippen LogP contribution in [0.1, 0.15) is 48.5 Å². The van der Waals surface area contributed by atoms with E-state index < -0.39 is 5.97 Å². The quantitative estimate of drug-likeness (QED) is 0.895. The summed E-state index contributed by atoms with van der Waals surface area (Å²) in [5.41, 5.74) is 1.36. The molecule has 2 aliphatic heterocycles. The maximum absolute atomic E-state index is 12.8. The number of nitrogens with zero attached hydrogens (tertiary/aromatic N) is 2. The van der Waals surface area contributed by atoms with E-state index in [9.17, 15) is 14.4 Å². The molecule has 6 heteroatoms. The summed E-state index contributed by atoms with van der Waals surface area (Å²) < 4.78 is 0. The molecular weight excluding hydrogens is 332 g/mol. The van der Waals surface area contributed by atoms with Gasteiger partial charge in [0.05, 0.1) is 5.56 Å². The number of likely N-dealkylation sites (tertiary alicyclic amines) is 2. The third-order valence-corrected chi connectivity index (χ3v) is 5.57. The first-order valence-electron chi connectivity index (χ1n) is 9.34. The van der Waals surface area contributed by atoms with Crippen LogP contribution < -0.4 is 0 Å². The fourth-order valence-corrected chi connectivity index (χ4v) is 4.13. The van der Waals surface area contributed by atoms with Crippen LogP contribution in [-0.4, -0.2) is 58.4 Å². The number of rotatable bonds is 4. The molecule has 2 saturated heterocycles. The molecule has 0 aliphatic carbocycles. The number of aromatic carboxylic acids is 1. The van der Waals surface area contributed by atoms with Crippen LogP contribution in [0.25, 0.3) is 0 Å². The molecule has 2 amide bonds. The number of carboxylic acids is 1. The average Bonchev–Trinajstić information content (AvgIpc) is 3.12. The van der Waals surface area contributed by atoms with Crippen molar-refractivity contribution in [2.45, 2.75) is 45.1 Å². The van der Waals surface area contributed by atoms with Gasteiger partial charge in [-0.15, -0.1) is 0 Å². The second-order valence-electron chi connectivity index (χ2n) is 7.35. The number of hydrogen-bond donors (Lipinski definition) is 1. The zero-order valence-electron chi connectivity index (χ0n) is 15.2. The normalized spacial score (nSPS) is 21.0. The third-order valence-electron chi connectivity index (χ3n) is 5.57. The zero-order valence-corrected chi connectivity index (χ0v) is 15.2. The summed E-state index contributed by atoms with van der Waals surface area (Å²) in [6, 6.07) is 6.82. The molecule has 6 nitrogen and oxygen atoms in total. The van der Waals surface area contributed by atoms with Gasteiger partial charge in [0.15, 0.2) is 0 Å². The van der Waals surface area contributed by atoms with Crippen LogP contribution in [-0.2, 0) is 16.0 Å². The van der Waals surface area contributed by atoms with Gasteiger partial charge < -0.3 is 14.9 Å². The summed E-state index contributed by atoms with van der Waals surface area (Å²) in [4.78, 5) is 39.1. The number of piperidine rings is 1. The van der Waals surface area contributed by atoms with E-state index in [1.54, 1.807) is 23.1 Å². The molecule has 0 spiro atoms. The highest BCUT2D eigenvalue weighted by atomic mass is 16.4. The van der Waals surface area contributed by atoms with E-state index in [0.29, 0.717) is 31.1 Å². The molecular formula is C20H26N2O4. The first kappa shape index (κ1) is 18.4. The van der Waals surface area contributed by atoms with Gasteiger partial charge in [-0.3, -0.25) is 9.59 Å². The van der Waals surface area contributed by atoms with Crippen molar-refractivity contribution in [1.82, 2.24) is 9.80 Å². The van der Waals surface area contributed by atoms with Crippen LogP contribution in [0.4, 0.5) is 0 Å². The monoisotopic (exact) mass is 358 g/mol. The molecule has 0 radical (unpaired) electrons. The van der Waals surface area contributed by atoms with Gasteiger partial charge in [0.25, 0.3) is 0 Å². The van der Waals surface area contributed by atoms with Crippen LogP contribution in [0.2, 0.25) is 0 Å². The Labute approximate surface area is 153 Å². The fraction of sp³-hybridized carbons (Fsp3) is 0.550. The van der Waals surface area contributed by atoms with Gasteiger partial charge in [-0.2, -0.15) is 0 Å². The Bertz CT molecular complexity index is 695. The van der Waals surface area contributed by atoms with Crippen molar-refractivity contribution >= 4 is 17.8 Å². The number of amides is 2. The lowest BCUT2D eigenvalue weighted by Crippen LogP contribution is -2.49. The molecule has 0 aromatic heterocycles. The van der Waals surface area contributed by atoms with Crippen molar-refractivity contribution < 1.29 is 19.5 Å².